The number of nitriles is 1. The summed E-state index contributed by atoms with van der Waals surface area (Å²) in [5.74, 6) is -2.69. The molecule has 1 saturated carbocycles. The highest BCUT2D eigenvalue weighted by molar-refractivity contribution is 7.92. The second kappa shape index (κ2) is 17.9. The minimum atomic E-state index is -4.06. The topological polar surface area (TPSA) is 251 Å². The summed E-state index contributed by atoms with van der Waals surface area (Å²) in [4.78, 5) is 45.7. The Bertz CT molecular complexity index is 3240. The molecule has 3 N–H and O–H groups in total. The summed E-state index contributed by atoms with van der Waals surface area (Å²) >= 11 is 0. The van der Waals surface area contributed by atoms with Gasteiger partial charge in [0.25, 0.3) is 5.56 Å². The standard InChI is InChI=1S/C45H50F2N10O10S2/c1-4-53(2)69(64,65)52-36-8-6-33(46)40(32(36)23-48)67-28-5-7-35-30(19-28)42(59)57(26-49-35)27-22-45(66-24-27)12-9-29(10-13-45)68(62,63)25-44(61)14-17-55(18-15-44)38-21-37-31(20-34(38)47)41(51-54(37)3)56-16-11-39(58)50-43(56)60/h5-8,19-21,26-27,29,52,61H,4,9-18,22,24-25H2,1-3H3,(H,50,58,60)/t27-,29?,45?/m1/s1. The maximum absolute atomic E-state index is 15.8. The molecule has 3 aromatic carbocycles. The molecule has 1 aliphatic carbocycles. The Balaban J connectivity index is 0.827. The number of aliphatic hydroxyl groups is 1. The Morgan fingerprint density at radius 2 is 1.75 bits per heavy atom. The van der Waals surface area contributed by atoms with Gasteiger partial charge in [0.15, 0.2) is 27.2 Å². The lowest BCUT2D eigenvalue weighted by Crippen LogP contribution is -2.50. The highest BCUT2D eigenvalue weighted by Crippen LogP contribution is 2.45. The van der Waals surface area contributed by atoms with Crippen LogP contribution in [0.4, 0.5) is 30.8 Å². The van der Waals surface area contributed by atoms with Crippen LogP contribution in [0, 0.1) is 23.0 Å². The summed E-state index contributed by atoms with van der Waals surface area (Å²) in [6.45, 7) is 2.40. The molecule has 20 nitrogen and oxygen atoms in total. The van der Waals surface area contributed by atoms with Crippen molar-refractivity contribution in [1.29, 1.82) is 5.26 Å². The van der Waals surface area contributed by atoms with E-state index in [0.717, 1.165) is 16.4 Å². The van der Waals surface area contributed by atoms with Crippen LogP contribution in [0.3, 0.4) is 0 Å². The molecule has 3 aliphatic heterocycles. The van der Waals surface area contributed by atoms with E-state index in [-0.39, 0.29) is 93.2 Å². The van der Waals surface area contributed by atoms with Gasteiger partial charge < -0.3 is 19.5 Å². The van der Waals surface area contributed by atoms with Gasteiger partial charge in [-0.2, -0.15) is 23.1 Å². The highest BCUT2D eigenvalue weighted by atomic mass is 32.2. The summed E-state index contributed by atoms with van der Waals surface area (Å²) in [6, 6.07) is 10.0. The minimum absolute atomic E-state index is 0.00671. The van der Waals surface area contributed by atoms with Crippen molar-refractivity contribution in [2.75, 3.05) is 60.1 Å². The Kier molecular flexibility index (Phi) is 12.4. The first-order valence-electron chi connectivity index (χ1n) is 22.5. The number of fused-ring (bicyclic) bond motifs is 2. The zero-order chi connectivity index (χ0) is 49.2. The van der Waals surface area contributed by atoms with Crippen LogP contribution in [0.2, 0.25) is 0 Å². The van der Waals surface area contributed by atoms with E-state index in [2.05, 4.69) is 20.1 Å². The number of piperidine rings is 1. The molecule has 4 aliphatic rings. The zero-order valence-electron chi connectivity index (χ0n) is 37.9. The number of rotatable bonds is 12. The van der Waals surface area contributed by atoms with Crippen LogP contribution in [0.5, 0.6) is 11.5 Å². The Labute approximate surface area is 395 Å². The van der Waals surface area contributed by atoms with Gasteiger partial charge in [0.2, 0.25) is 5.91 Å². The van der Waals surface area contributed by atoms with Gasteiger partial charge in [0.1, 0.15) is 23.2 Å². The van der Waals surface area contributed by atoms with Crippen LogP contribution in [0.25, 0.3) is 21.8 Å². The Morgan fingerprint density at radius 1 is 1.01 bits per heavy atom. The molecule has 5 heterocycles. The van der Waals surface area contributed by atoms with Gasteiger partial charge in [-0.3, -0.25) is 33.8 Å². The average Bonchev–Trinajstić information content (AvgIpc) is 3.86. The fourth-order valence-corrected chi connectivity index (χ4v) is 13.0. The maximum Gasteiger partial charge on any atom is 0.329 e. The molecular weight excluding hydrogens is 943 g/mol. The number of ether oxygens (including phenoxy) is 2. The number of nitrogens with zero attached hydrogens (tertiary/aromatic N) is 8. The number of amides is 3. The number of aromatic nitrogens is 4. The van der Waals surface area contributed by atoms with E-state index in [9.17, 15) is 41.6 Å². The number of nitrogens with one attached hydrogen (secondary N) is 2. The highest BCUT2D eigenvalue weighted by Gasteiger charge is 2.48. The molecule has 5 aromatic rings. The molecule has 4 fully saturated rings. The summed E-state index contributed by atoms with van der Waals surface area (Å²) in [6.07, 6.45) is 3.45. The van der Waals surface area contributed by atoms with Crippen LogP contribution in [-0.2, 0) is 36.6 Å². The van der Waals surface area contributed by atoms with E-state index in [0.29, 0.717) is 35.7 Å². The van der Waals surface area contributed by atoms with Gasteiger partial charge in [-0.15, -0.1) is 0 Å². The molecule has 1 atom stereocenters. The number of carbonyl (C=O) groups excluding carboxylic acids is 2. The molecule has 0 bridgehead atoms. The molecule has 0 unspecified atom stereocenters. The molecule has 3 amide bonds. The zero-order valence-corrected chi connectivity index (χ0v) is 39.6. The van der Waals surface area contributed by atoms with E-state index < -0.39 is 88.7 Å². The molecule has 69 heavy (non-hydrogen) atoms. The minimum Gasteiger partial charge on any atom is -0.453 e. The van der Waals surface area contributed by atoms with Crippen LogP contribution in [0.15, 0.2) is 53.6 Å². The lowest BCUT2D eigenvalue weighted by atomic mass is 9.82. The van der Waals surface area contributed by atoms with Crippen molar-refractivity contribution in [3.05, 3.63) is 76.3 Å². The van der Waals surface area contributed by atoms with E-state index in [4.69, 9.17) is 9.47 Å². The number of sulfone groups is 1. The Morgan fingerprint density at radius 3 is 2.45 bits per heavy atom. The predicted octanol–water partition coefficient (Wildman–Crippen LogP) is 4.37. The largest absolute Gasteiger partial charge is 0.453 e. The first-order chi connectivity index (χ1) is 32.7. The lowest BCUT2D eigenvalue weighted by Gasteiger charge is -2.41. The van der Waals surface area contributed by atoms with Crippen LogP contribution in [-0.4, -0.2) is 120 Å². The number of aryl methyl sites for hydroxylation is 1. The maximum atomic E-state index is 15.8. The third kappa shape index (κ3) is 9.08. The smallest absolute Gasteiger partial charge is 0.329 e. The SMILES string of the molecule is CCN(C)S(=O)(=O)Nc1ccc(F)c(Oc2ccc3ncn([C@H]4COC5(CCC(S(=O)(=O)CC6(O)CCN(c7cc8c(cc7F)c(N7CCC(=O)NC7=O)nn8C)CC6)CC5)C4)c(=O)c3c2)c1C#N. The number of halogens is 2. The number of hydrogen-bond acceptors (Lipinski definition) is 14. The Hall–Kier alpha value is -6.26. The number of anilines is 3. The van der Waals surface area contributed by atoms with E-state index in [1.807, 2.05) is 0 Å². The van der Waals surface area contributed by atoms with Crippen LogP contribution in [0.1, 0.15) is 69.9 Å². The van der Waals surface area contributed by atoms with Crippen LogP contribution < -0.4 is 30.1 Å². The normalized spacial score (nSPS) is 22.1. The average molecular weight is 993 g/mol. The van der Waals surface area contributed by atoms with Crippen molar-refractivity contribution in [3.63, 3.8) is 0 Å². The summed E-state index contributed by atoms with van der Waals surface area (Å²) in [7, 11) is -4.85. The van der Waals surface area contributed by atoms with E-state index >= 15 is 8.78 Å². The van der Waals surface area contributed by atoms with Gasteiger partial charge in [0.05, 0.1) is 69.0 Å². The lowest BCUT2D eigenvalue weighted by molar-refractivity contribution is -0.120. The van der Waals surface area contributed by atoms with Crippen molar-refractivity contribution in [2.24, 2.45) is 7.05 Å². The van der Waals surface area contributed by atoms with Crippen molar-refractivity contribution >= 4 is 71.0 Å². The second-order valence-electron chi connectivity index (χ2n) is 18.3. The first-order valence-corrected chi connectivity index (χ1v) is 25.6. The summed E-state index contributed by atoms with van der Waals surface area (Å²) in [5.41, 5.74) is -2.15. The van der Waals surface area contributed by atoms with Crippen molar-refractivity contribution < 1.29 is 49.8 Å². The molecule has 2 aromatic heterocycles. The molecule has 3 saturated heterocycles. The van der Waals surface area contributed by atoms with E-state index in [1.165, 1.54) is 51.8 Å². The fraction of sp³-hybridized carbons (Fsp3) is 0.467. The molecule has 9 rings (SSSR count). The molecule has 1 spiro atoms. The molecule has 24 heteroatoms. The first kappa shape index (κ1) is 47.8. The van der Waals surface area contributed by atoms with E-state index in [1.54, 1.807) is 31.0 Å². The monoisotopic (exact) mass is 992 g/mol. The fourth-order valence-electron chi connectivity index (χ4n) is 9.88. The van der Waals surface area contributed by atoms with Gasteiger partial charge >= 0.3 is 16.2 Å². The number of carbonyl (C=O) groups is 2. The van der Waals surface area contributed by atoms with Crippen molar-refractivity contribution in [2.45, 2.75) is 80.8 Å². The molecule has 366 valence electrons. The quantitative estimate of drug-likeness (QED) is 0.157. The van der Waals surface area contributed by atoms with Gasteiger partial charge in [-0.1, -0.05) is 6.92 Å². The summed E-state index contributed by atoms with van der Waals surface area (Å²) in [5, 5.41) is 28.1. The number of hydrogen-bond donors (Lipinski definition) is 3. The van der Waals surface area contributed by atoms with Crippen molar-refractivity contribution in [3.8, 4) is 17.6 Å². The number of urea groups is 1. The number of imide groups is 1. The van der Waals surface area contributed by atoms with Gasteiger partial charge in [-0.05, 0) is 87.4 Å². The number of benzene rings is 3. The predicted molar refractivity (Wildman–Crippen MR) is 249 cm³/mol. The third-order valence-corrected chi connectivity index (χ3v) is 17.9. The van der Waals surface area contributed by atoms with Gasteiger partial charge in [0, 0.05) is 52.1 Å². The molecule has 0 radical (unpaired) electrons. The third-order valence-electron chi connectivity index (χ3n) is 13.9. The second-order valence-corrected chi connectivity index (χ2v) is 22.3. The molecular formula is C45H50F2N10O10S2. The van der Waals surface area contributed by atoms with Crippen LogP contribution >= 0.6 is 0 Å². The van der Waals surface area contributed by atoms with Gasteiger partial charge in [-0.25, -0.2) is 27.0 Å². The summed E-state index contributed by atoms with van der Waals surface area (Å²) < 4.78 is 103. The van der Waals surface area contributed by atoms with Crippen molar-refractivity contribution in [1.82, 2.24) is 29.0 Å².